The molecule has 134 valence electrons. The first kappa shape index (κ1) is 16.6. The van der Waals surface area contributed by atoms with Crippen LogP contribution in [0.15, 0.2) is 24.3 Å². The first-order valence-corrected chi connectivity index (χ1v) is 9.77. The van der Waals surface area contributed by atoms with Crippen LogP contribution in [0.2, 0.25) is 0 Å². The molecule has 1 unspecified atom stereocenters. The standard InChI is InChI=1S/C21H28N2O2/c1-15-6-8-16(9-7-15)13-22-14-17(12-20(22)24)21(25)23(19-10-11-19)18-4-2-3-5-18/h6-9,17-19H,2-5,10-14H2,1H3. The van der Waals surface area contributed by atoms with Crippen molar-refractivity contribution in [2.45, 2.75) is 70.5 Å². The molecule has 0 N–H and O–H groups in total. The van der Waals surface area contributed by atoms with Crippen molar-refractivity contribution in [1.29, 1.82) is 0 Å². The van der Waals surface area contributed by atoms with E-state index in [0.29, 0.717) is 31.6 Å². The van der Waals surface area contributed by atoms with Gasteiger partial charge < -0.3 is 9.80 Å². The molecule has 2 aliphatic carbocycles. The topological polar surface area (TPSA) is 40.6 Å². The summed E-state index contributed by atoms with van der Waals surface area (Å²) < 4.78 is 0. The van der Waals surface area contributed by atoms with Crippen molar-refractivity contribution in [3.63, 3.8) is 0 Å². The largest absolute Gasteiger partial charge is 0.338 e. The van der Waals surface area contributed by atoms with Crippen LogP contribution in [0.5, 0.6) is 0 Å². The van der Waals surface area contributed by atoms with Crippen LogP contribution in [0.4, 0.5) is 0 Å². The van der Waals surface area contributed by atoms with Gasteiger partial charge in [-0.15, -0.1) is 0 Å². The van der Waals surface area contributed by atoms with E-state index < -0.39 is 0 Å². The van der Waals surface area contributed by atoms with Gasteiger partial charge in [0.15, 0.2) is 0 Å². The molecule has 1 aliphatic heterocycles. The summed E-state index contributed by atoms with van der Waals surface area (Å²) in [6.07, 6.45) is 7.47. The molecule has 1 heterocycles. The van der Waals surface area contributed by atoms with Crippen LogP contribution in [0.3, 0.4) is 0 Å². The Labute approximate surface area is 150 Å². The third kappa shape index (κ3) is 3.58. The molecule has 3 fully saturated rings. The predicted octanol–water partition coefficient (Wildman–Crippen LogP) is 3.28. The molecule has 1 aromatic carbocycles. The van der Waals surface area contributed by atoms with Gasteiger partial charge in [0.25, 0.3) is 0 Å². The Balaban J connectivity index is 1.41. The number of aryl methyl sites for hydroxylation is 1. The second-order valence-corrected chi connectivity index (χ2v) is 8.08. The molecule has 4 rings (SSSR count). The van der Waals surface area contributed by atoms with Gasteiger partial charge in [0.2, 0.25) is 11.8 Å². The van der Waals surface area contributed by atoms with Crippen molar-refractivity contribution in [3.8, 4) is 0 Å². The minimum Gasteiger partial charge on any atom is -0.338 e. The Bertz CT molecular complexity index is 644. The van der Waals surface area contributed by atoms with Crippen molar-refractivity contribution in [2.24, 2.45) is 5.92 Å². The SMILES string of the molecule is Cc1ccc(CN2CC(C(=O)N(C3CCCC3)C3CC3)CC2=O)cc1. The molecule has 3 aliphatic rings. The van der Waals surface area contributed by atoms with Crippen LogP contribution in [0, 0.1) is 12.8 Å². The second kappa shape index (κ2) is 6.81. The van der Waals surface area contributed by atoms with Gasteiger partial charge in [-0.2, -0.15) is 0 Å². The van der Waals surface area contributed by atoms with Gasteiger partial charge in [0.1, 0.15) is 0 Å². The summed E-state index contributed by atoms with van der Waals surface area (Å²) in [5.41, 5.74) is 2.36. The Morgan fingerprint density at radius 1 is 1.08 bits per heavy atom. The third-order valence-corrected chi connectivity index (χ3v) is 5.97. The zero-order chi connectivity index (χ0) is 17.4. The number of hydrogen-bond donors (Lipinski definition) is 0. The third-order valence-electron chi connectivity index (χ3n) is 5.97. The van der Waals surface area contributed by atoms with E-state index in [-0.39, 0.29) is 17.7 Å². The molecule has 25 heavy (non-hydrogen) atoms. The van der Waals surface area contributed by atoms with Gasteiger partial charge in [-0.3, -0.25) is 9.59 Å². The van der Waals surface area contributed by atoms with E-state index >= 15 is 0 Å². The zero-order valence-electron chi connectivity index (χ0n) is 15.1. The smallest absolute Gasteiger partial charge is 0.228 e. The average Bonchev–Trinajstić information content (AvgIpc) is 3.14. The Kier molecular flexibility index (Phi) is 4.53. The predicted molar refractivity (Wildman–Crippen MR) is 96.8 cm³/mol. The maximum Gasteiger partial charge on any atom is 0.228 e. The molecule has 2 amide bonds. The van der Waals surface area contributed by atoms with Crippen molar-refractivity contribution in [3.05, 3.63) is 35.4 Å². The van der Waals surface area contributed by atoms with Crippen molar-refractivity contribution in [2.75, 3.05) is 6.54 Å². The fourth-order valence-corrected chi connectivity index (χ4v) is 4.41. The van der Waals surface area contributed by atoms with E-state index in [1.807, 2.05) is 4.90 Å². The molecule has 4 nitrogen and oxygen atoms in total. The molecular weight excluding hydrogens is 312 g/mol. The number of rotatable bonds is 5. The molecule has 0 aromatic heterocycles. The number of likely N-dealkylation sites (tertiary alicyclic amines) is 1. The highest BCUT2D eigenvalue weighted by Gasteiger charge is 2.44. The van der Waals surface area contributed by atoms with Crippen LogP contribution in [-0.2, 0) is 16.1 Å². The average molecular weight is 340 g/mol. The lowest BCUT2D eigenvalue weighted by molar-refractivity contribution is -0.138. The van der Waals surface area contributed by atoms with Crippen LogP contribution >= 0.6 is 0 Å². The van der Waals surface area contributed by atoms with E-state index in [2.05, 4.69) is 36.1 Å². The molecule has 0 spiro atoms. The number of benzene rings is 1. The van der Waals surface area contributed by atoms with Crippen molar-refractivity contribution < 1.29 is 9.59 Å². The van der Waals surface area contributed by atoms with E-state index in [9.17, 15) is 9.59 Å². The van der Waals surface area contributed by atoms with Gasteiger partial charge in [-0.1, -0.05) is 42.7 Å². The highest BCUT2D eigenvalue weighted by molar-refractivity contribution is 5.89. The van der Waals surface area contributed by atoms with E-state index in [4.69, 9.17) is 0 Å². The molecule has 1 saturated heterocycles. The lowest BCUT2D eigenvalue weighted by Crippen LogP contribution is -2.44. The van der Waals surface area contributed by atoms with E-state index in [1.54, 1.807) is 0 Å². The van der Waals surface area contributed by atoms with Gasteiger partial charge in [0.05, 0.1) is 5.92 Å². The van der Waals surface area contributed by atoms with Crippen LogP contribution in [-0.4, -0.2) is 40.2 Å². The molecule has 2 saturated carbocycles. The minimum absolute atomic E-state index is 0.126. The first-order valence-electron chi connectivity index (χ1n) is 9.77. The zero-order valence-corrected chi connectivity index (χ0v) is 15.1. The maximum absolute atomic E-state index is 13.1. The summed E-state index contributed by atoms with van der Waals surface area (Å²) in [6.45, 7) is 3.27. The normalized spacial score (nSPS) is 24.1. The van der Waals surface area contributed by atoms with Gasteiger partial charge >= 0.3 is 0 Å². The summed E-state index contributed by atoms with van der Waals surface area (Å²) in [5.74, 6) is 0.231. The Hall–Kier alpha value is -1.84. The van der Waals surface area contributed by atoms with Crippen LogP contribution in [0.1, 0.15) is 56.1 Å². The molecule has 4 heteroatoms. The van der Waals surface area contributed by atoms with E-state index in [1.165, 1.54) is 18.4 Å². The number of carbonyl (C=O) groups excluding carboxylic acids is 2. The van der Waals surface area contributed by atoms with E-state index in [0.717, 1.165) is 31.2 Å². The second-order valence-electron chi connectivity index (χ2n) is 8.08. The number of carbonyl (C=O) groups is 2. The lowest BCUT2D eigenvalue weighted by Gasteiger charge is -2.31. The number of nitrogens with zero attached hydrogens (tertiary/aromatic N) is 2. The van der Waals surface area contributed by atoms with Gasteiger partial charge in [-0.05, 0) is 38.2 Å². The molecule has 0 bridgehead atoms. The molecular formula is C21H28N2O2. The lowest BCUT2D eigenvalue weighted by atomic mass is 10.0. The summed E-state index contributed by atoms with van der Waals surface area (Å²) in [5, 5.41) is 0. The summed E-state index contributed by atoms with van der Waals surface area (Å²) in [6, 6.07) is 9.19. The monoisotopic (exact) mass is 340 g/mol. The fraction of sp³-hybridized carbons (Fsp3) is 0.619. The maximum atomic E-state index is 13.1. The highest BCUT2D eigenvalue weighted by atomic mass is 16.2. The van der Waals surface area contributed by atoms with Crippen molar-refractivity contribution in [1.82, 2.24) is 9.80 Å². The first-order chi connectivity index (χ1) is 12.1. The Morgan fingerprint density at radius 3 is 2.36 bits per heavy atom. The van der Waals surface area contributed by atoms with Gasteiger partial charge in [0, 0.05) is 31.6 Å². The molecule has 1 atom stereocenters. The summed E-state index contributed by atoms with van der Waals surface area (Å²) in [7, 11) is 0. The van der Waals surface area contributed by atoms with Crippen molar-refractivity contribution >= 4 is 11.8 Å². The number of amides is 2. The molecule has 0 radical (unpaired) electrons. The Morgan fingerprint density at radius 2 is 1.72 bits per heavy atom. The van der Waals surface area contributed by atoms with Crippen LogP contribution < -0.4 is 0 Å². The molecule has 1 aromatic rings. The summed E-state index contributed by atoms with van der Waals surface area (Å²) in [4.78, 5) is 29.6. The van der Waals surface area contributed by atoms with Gasteiger partial charge in [-0.25, -0.2) is 0 Å². The minimum atomic E-state index is -0.140. The van der Waals surface area contributed by atoms with Crippen LogP contribution in [0.25, 0.3) is 0 Å². The number of hydrogen-bond acceptors (Lipinski definition) is 2. The summed E-state index contributed by atoms with van der Waals surface area (Å²) >= 11 is 0. The fourth-order valence-electron chi connectivity index (χ4n) is 4.41. The highest BCUT2D eigenvalue weighted by Crippen LogP contribution is 2.37. The quantitative estimate of drug-likeness (QED) is 0.825.